The van der Waals surface area contributed by atoms with E-state index in [9.17, 15) is 20.2 Å². The Bertz CT molecular complexity index is 1060. The topological polar surface area (TPSA) is 137 Å². The lowest BCUT2D eigenvalue weighted by Crippen LogP contribution is -2.00. The third-order valence-corrected chi connectivity index (χ3v) is 4.76. The number of non-ortho nitro benzene ring substituents is 1. The van der Waals surface area contributed by atoms with Crippen molar-refractivity contribution in [1.82, 2.24) is 15.0 Å². The third kappa shape index (κ3) is 4.63. The Morgan fingerprint density at radius 2 is 1.57 bits per heavy atom. The molecule has 0 aliphatic heterocycles. The van der Waals surface area contributed by atoms with Crippen molar-refractivity contribution < 1.29 is 9.85 Å². The van der Waals surface area contributed by atoms with Crippen molar-refractivity contribution in [3.05, 3.63) is 73.3 Å². The van der Waals surface area contributed by atoms with Gasteiger partial charge in [-0.1, -0.05) is 23.9 Å². The number of para-hydroxylation sites is 1. The van der Waals surface area contributed by atoms with Gasteiger partial charge < -0.3 is 5.32 Å². The van der Waals surface area contributed by atoms with Gasteiger partial charge in [0.25, 0.3) is 11.4 Å². The number of hydrogen-bond acceptors (Lipinski definition) is 9. The summed E-state index contributed by atoms with van der Waals surface area (Å²) in [6.07, 6.45) is 0. The molecular formula is C15H8Cl2N6O4S. The van der Waals surface area contributed by atoms with Crippen LogP contribution in [0.4, 0.5) is 23.0 Å². The molecule has 142 valence electrons. The highest BCUT2D eigenvalue weighted by Gasteiger charge is 2.21. The summed E-state index contributed by atoms with van der Waals surface area (Å²) in [7, 11) is 0. The Kier molecular flexibility index (Phi) is 5.87. The summed E-state index contributed by atoms with van der Waals surface area (Å²) in [6.45, 7) is 0. The van der Waals surface area contributed by atoms with Gasteiger partial charge in [-0.25, -0.2) is 0 Å². The third-order valence-electron chi connectivity index (χ3n) is 3.28. The highest BCUT2D eigenvalue weighted by Crippen LogP contribution is 2.40. The van der Waals surface area contributed by atoms with E-state index in [1.165, 1.54) is 12.1 Å². The fourth-order valence-corrected chi connectivity index (χ4v) is 3.48. The average molecular weight is 439 g/mol. The lowest BCUT2D eigenvalue weighted by molar-refractivity contribution is -0.396. The van der Waals surface area contributed by atoms with E-state index in [2.05, 4.69) is 20.3 Å². The van der Waals surface area contributed by atoms with Gasteiger partial charge in [0.05, 0.1) is 26.5 Å². The molecule has 28 heavy (non-hydrogen) atoms. The van der Waals surface area contributed by atoms with Crippen molar-refractivity contribution in [3.8, 4) is 0 Å². The van der Waals surface area contributed by atoms with Gasteiger partial charge in [0.1, 0.15) is 0 Å². The number of halogens is 2. The van der Waals surface area contributed by atoms with Crippen molar-refractivity contribution in [2.24, 2.45) is 0 Å². The van der Waals surface area contributed by atoms with Crippen molar-refractivity contribution in [1.29, 1.82) is 0 Å². The molecule has 0 amide bonds. The minimum Gasteiger partial charge on any atom is -0.323 e. The normalized spacial score (nSPS) is 10.5. The number of nitrogens with zero attached hydrogens (tertiary/aromatic N) is 5. The Morgan fingerprint density at radius 3 is 2.21 bits per heavy atom. The molecule has 0 aliphatic carbocycles. The van der Waals surface area contributed by atoms with Gasteiger partial charge in [-0.05, 0) is 41.4 Å². The van der Waals surface area contributed by atoms with Crippen LogP contribution in [0.1, 0.15) is 0 Å². The molecule has 13 heteroatoms. The Morgan fingerprint density at radius 1 is 0.893 bits per heavy atom. The number of rotatable bonds is 6. The second-order valence-corrected chi connectivity index (χ2v) is 6.85. The Balaban J connectivity index is 1.96. The summed E-state index contributed by atoms with van der Waals surface area (Å²) >= 11 is 12.6. The molecule has 1 heterocycles. The number of benzene rings is 2. The van der Waals surface area contributed by atoms with Gasteiger partial charge >= 0.3 is 0 Å². The molecule has 0 radical (unpaired) electrons. The molecule has 3 aromatic rings. The van der Waals surface area contributed by atoms with Crippen LogP contribution in [0, 0.1) is 20.2 Å². The zero-order chi connectivity index (χ0) is 20.3. The maximum atomic E-state index is 11.3. The number of nitro groups is 2. The van der Waals surface area contributed by atoms with Crippen molar-refractivity contribution in [2.45, 2.75) is 9.79 Å². The highest BCUT2D eigenvalue weighted by atomic mass is 35.5. The second-order valence-electron chi connectivity index (χ2n) is 5.09. The maximum Gasteiger partial charge on any atom is 0.290 e. The minimum atomic E-state index is -0.689. The van der Waals surface area contributed by atoms with Crippen LogP contribution in [0.15, 0.2) is 52.3 Å². The zero-order valence-electron chi connectivity index (χ0n) is 13.6. The first-order valence-corrected chi connectivity index (χ1v) is 8.94. The molecule has 1 N–H and O–H groups in total. The number of aromatic nitrogens is 3. The van der Waals surface area contributed by atoms with E-state index in [1.54, 1.807) is 24.3 Å². The van der Waals surface area contributed by atoms with E-state index >= 15 is 0 Å². The molecule has 0 fully saturated rings. The molecule has 0 unspecified atom stereocenters. The first kappa shape index (κ1) is 19.7. The summed E-state index contributed by atoms with van der Waals surface area (Å²) in [6, 6.07) is 10.3. The monoisotopic (exact) mass is 438 g/mol. The van der Waals surface area contributed by atoms with Gasteiger partial charge in [0, 0.05) is 11.0 Å². The first-order chi connectivity index (χ1) is 13.3. The predicted octanol–water partition coefficient (Wildman–Crippen LogP) is 4.89. The van der Waals surface area contributed by atoms with Gasteiger partial charge in [-0.3, -0.25) is 20.2 Å². The van der Waals surface area contributed by atoms with E-state index in [1.807, 2.05) is 0 Å². The summed E-state index contributed by atoms with van der Waals surface area (Å²) in [4.78, 5) is 33.2. The number of nitro benzene ring substituents is 2. The summed E-state index contributed by atoms with van der Waals surface area (Å²) < 4.78 is 0. The molecular weight excluding hydrogens is 431 g/mol. The maximum absolute atomic E-state index is 11.3. The van der Waals surface area contributed by atoms with Crippen molar-refractivity contribution in [2.75, 3.05) is 5.32 Å². The van der Waals surface area contributed by atoms with Crippen LogP contribution in [0.2, 0.25) is 10.6 Å². The largest absolute Gasteiger partial charge is 0.323 e. The van der Waals surface area contributed by atoms with Gasteiger partial charge in [0.15, 0.2) is 0 Å². The lowest BCUT2D eigenvalue weighted by Gasteiger charge is -2.11. The molecule has 0 atom stereocenters. The molecule has 0 saturated carbocycles. The van der Waals surface area contributed by atoms with E-state index in [0.717, 1.165) is 17.8 Å². The van der Waals surface area contributed by atoms with E-state index in [4.69, 9.17) is 23.2 Å². The molecule has 0 bridgehead atoms. The van der Waals surface area contributed by atoms with Crippen LogP contribution >= 0.6 is 35.0 Å². The molecule has 2 aromatic carbocycles. The smallest absolute Gasteiger partial charge is 0.290 e. The number of nitrogens with one attached hydrogen (secondary N) is 1. The van der Waals surface area contributed by atoms with Gasteiger partial charge in [0.2, 0.25) is 16.5 Å². The predicted molar refractivity (Wildman–Crippen MR) is 103 cm³/mol. The number of anilines is 2. The average Bonchev–Trinajstić information content (AvgIpc) is 2.62. The molecule has 0 spiro atoms. The van der Waals surface area contributed by atoms with Gasteiger partial charge in [-0.2, -0.15) is 15.0 Å². The lowest BCUT2D eigenvalue weighted by atomic mass is 10.3. The van der Waals surface area contributed by atoms with E-state index < -0.39 is 9.85 Å². The van der Waals surface area contributed by atoms with Crippen LogP contribution in [-0.2, 0) is 0 Å². The van der Waals surface area contributed by atoms with Crippen LogP contribution < -0.4 is 5.32 Å². The van der Waals surface area contributed by atoms with E-state index in [0.29, 0.717) is 10.6 Å². The summed E-state index contributed by atoms with van der Waals surface area (Å²) in [5, 5.41) is 24.9. The van der Waals surface area contributed by atoms with Crippen molar-refractivity contribution >= 4 is 58.0 Å². The minimum absolute atomic E-state index is 0.0937. The fraction of sp³-hybridized carbons (Fsp3) is 0. The Labute approximate surface area is 171 Å². The second kappa shape index (κ2) is 8.33. The number of hydrogen-bond donors (Lipinski definition) is 1. The molecule has 0 aliphatic rings. The summed E-state index contributed by atoms with van der Waals surface area (Å²) in [5.41, 5.74) is -0.212. The Hall–Kier alpha value is -3.02. The quantitative estimate of drug-likeness (QED) is 0.420. The fourth-order valence-electron chi connectivity index (χ4n) is 2.13. The van der Waals surface area contributed by atoms with Crippen molar-refractivity contribution in [3.63, 3.8) is 0 Å². The first-order valence-electron chi connectivity index (χ1n) is 7.37. The zero-order valence-corrected chi connectivity index (χ0v) is 15.9. The van der Waals surface area contributed by atoms with Crippen LogP contribution in [0.3, 0.4) is 0 Å². The molecule has 3 rings (SSSR count). The van der Waals surface area contributed by atoms with Crippen LogP contribution in [-0.4, -0.2) is 24.8 Å². The van der Waals surface area contributed by atoms with Crippen LogP contribution in [0.25, 0.3) is 0 Å². The molecule has 10 nitrogen and oxygen atoms in total. The SMILES string of the molecule is O=[N+]([O-])c1ccc(Sc2ccccc2Nc2nc(Cl)nc(Cl)n2)c([N+](=O)[O-])c1. The highest BCUT2D eigenvalue weighted by molar-refractivity contribution is 7.99. The summed E-state index contributed by atoms with van der Waals surface area (Å²) in [5.74, 6) is 0.0937. The van der Waals surface area contributed by atoms with Crippen LogP contribution in [0.5, 0.6) is 0 Å². The molecule has 0 saturated heterocycles. The van der Waals surface area contributed by atoms with E-state index in [-0.39, 0.29) is 32.8 Å². The standard InChI is InChI=1S/C15H8Cl2N6O4S/c16-13-19-14(17)21-15(20-13)18-9-3-1-2-4-11(9)28-12-6-5-8(22(24)25)7-10(12)23(26)27/h1-7H,(H,18,19,20,21). The van der Waals surface area contributed by atoms with Gasteiger partial charge in [-0.15, -0.1) is 0 Å². The molecule has 1 aromatic heterocycles.